The number of fused-ring (bicyclic) bond motifs is 1. The molecule has 1 atom stereocenters. The summed E-state index contributed by atoms with van der Waals surface area (Å²) in [5.74, 6) is 0.839. The molecule has 0 spiro atoms. The quantitative estimate of drug-likeness (QED) is 0.651. The minimum atomic E-state index is -3.15. The molecule has 27 heavy (non-hydrogen) atoms. The molecule has 0 aliphatic carbocycles. The maximum atomic E-state index is 12.2. The molecule has 0 aromatic rings. The molecule has 0 bridgehead atoms. The molecule has 0 aromatic heterocycles. The minimum Gasteiger partial charge on any atom is -0.444 e. The van der Waals surface area contributed by atoms with Gasteiger partial charge in [-0.2, -0.15) is 0 Å². The molecule has 0 aromatic carbocycles. The lowest BCUT2D eigenvalue weighted by Gasteiger charge is -2.39. The van der Waals surface area contributed by atoms with E-state index in [0.717, 1.165) is 5.96 Å². The van der Waals surface area contributed by atoms with Crippen molar-refractivity contribution >= 4 is 22.1 Å². The fourth-order valence-corrected chi connectivity index (χ4v) is 4.17. The fourth-order valence-electron chi connectivity index (χ4n) is 3.24. The smallest absolute Gasteiger partial charge is 0.410 e. The number of amides is 1. The highest BCUT2D eigenvalue weighted by Gasteiger charge is 2.36. The van der Waals surface area contributed by atoms with E-state index in [-0.39, 0.29) is 12.1 Å². The summed E-state index contributed by atoms with van der Waals surface area (Å²) in [7, 11) is -3.15. The number of guanidine groups is 1. The second-order valence-electron chi connectivity index (χ2n) is 7.97. The van der Waals surface area contributed by atoms with Gasteiger partial charge in [0.2, 0.25) is 10.0 Å². The van der Waals surface area contributed by atoms with Crippen LogP contribution in [0.2, 0.25) is 0 Å². The number of hydrogen-bond donors (Lipinski definition) is 1. The van der Waals surface area contributed by atoms with E-state index in [2.05, 4.69) is 15.2 Å². The van der Waals surface area contributed by atoms with Crippen LogP contribution in [0.25, 0.3) is 0 Å². The van der Waals surface area contributed by atoms with Gasteiger partial charge >= 0.3 is 6.09 Å². The number of rotatable bonds is 6. The van der Waals surface area contributed by atoms with Crippen molar-refractivity contribution in [2.75, 3.05) is 52.1 Å². The van der Waals surface area contributed by atoms with Crippen molar-refractivity contribution in [1.82, 2.24) is 19.4 Å². The van der Waals surface area contributed by atoms with Crippen molar-refractivity contribution in [2.24, 2.45) is 4.99 Å². The average Bonchev–Trinajstić information content (AvgIpc) is 2.94. The van der Waals surface area contributed by atoms with E-state index in [9.17, 15) is 13.2 Å². The largest absolute Gasteiger partial charge is 0.444 e. The number of aliphatic imine (C=N–C) groups is 1. The van der Waals surface area contributed by atoms with Gasteiger partial charge in [0, 0.05) is 39.3 Å². The third kappa shape index (κ3) is 6.24. The summed E-state index contributed by atoms with van der Waals surface area (Å²) in [4.78, 5) is 20.7. The van der Waals surface area contributed by atoms with Crippen molar-refractivity contribution in [2.45, 2.75) is 45.8 Å². The highest BCUT2D eigenvalue weighted by Crippen LogP contribution is 2.18. The van der Waals surface area contributed by atoms with Crippen LogP contribution >= 0.6 is 0 Å². The van der Waals surface area contributed by atoms with E-state index in [0.29, 0.717) is 52.2 Å². The third-order valence-electron chi connectivity index (χ3n) is 4.55. The Morgan fingerprint density at radius 2 is 2.07 bits per heavy atom. The fraction of sp³-hybridized carbons (Fsp3) is 0.882. The summed E-state index contributed by atoms with van der Waals surface area (Å²) >= 11 is 0. The lowest BCUT2D eigenvalue weighted by Crippen LogP contribution is -2.57. The van der Waals surface area contributed by atoms with Crippen molar-refractivity contribution in [3.8, 4) is 0 Å². The van der Waals surface area contributed by atoms with Gasteiger partial charge in [0.25, 0.3) is 0 Å². The molecule has 2 aliphatic rings. The Bertz CT molecular complexity index is 659. The van der Waals surface area contributed by atoms with E-state index in [4.69, 9.17) is 4.74 Å². The van der Waals surface area contributed by atoms with Crippen LogP contribution < -0.4 is 5.32 Å². The number of sulfonamides is 1. The van der Waals surface area contributed by atoms with Gasteiger partial charge in [0.05, 0.1) is 18.8 Å². The Balaban J connectivity index is 1.76. The molecule has 2 rings (SSSR count). The number of hydrogen-bond acceptors (Lipinski definition) is 7. The molecular formula is C17H33N5O4S. The summed E-state index contributed by atoms with van der Waals surface area (Å²) in [6.45, 7) is 11.6. The van der Waals surface area contributed by atoms with Gasteiger partial charge in [-0.05, 0) is 27.2 Å². The number of carbonyl (C=O) groups excluding carboxylic acids is 1. The van der Waals surface area contributed by atoms with Crippen LogP contribution in [0.3, 0.4) is 0 Å². The molecule has 156 valence electrons. The summed E-state index contributed by atoms with van der Waals surface area (Å²) in [5, 5.41) is 3.31. The number of ether oxygens (including phenoxy) is 1. The first-order valence-electron chi connectivity index (χ1n) is 9.49. The van der Waals surface area contributed by atoms with Crippen LogP contribution in [-0.2, 0) is 14.8 Å². The summed E-state index contributed by atoms with van der Waals surface area (Å²) in [5.41, 5.74) is -0.495. The second-order valence-corrected chi connectivity index (χ2v) is 9.96. The van der Waals surface area contributed by atoms with E-state index in [1.807, 2.05) is 27.7 Å². The predicted molar refractivity (Wildman–Crippen MR) is 105 cm³/mol. The zero-order valence-corrected chi connectivity index (χ0v) is 17.9. The molecule has 10 heteroatoms. The van der Waals surface area contributed by atoms with Crippen molar-refractivity contribution in [1.29, 1.82) is 0 Å². The Hall–Kier alpha value is -1.55. The van der Waals surface area contributed by atoms with Gasteiger partial charge in [0.15, 0.2) is 5.96 Å². The Labute approximate surface area is 162 Å². The molecular weight excluding hydrogens is 370 g/mol. The van der Waals surface area contributed by atoms with Crippen LogP contribution in [-0.4, -0.2) is 98.3 Å². The Kier molecular flexibility index (Phi) is 6.96. The lowest BCUT2D eigenvalue weighted by molar-refractivity contribution is 0.0137. The monoisotopic (exact) mass is 403 g/mol. The highest BCUT2D eigenvalue weighted by atomic mass is 32.2. The van der Waals surface area contributed by atoms with Gasteiger partial charge in [-0.1, -0.05) is 6.92 Å². The van der Waals surface area contributed by atoms with E-state index in [1.54, 1.807) is 4.90 Å². The number of piperazine rings is 1. The lowest BCUT2D eigenvalue weighted by atomic mass is 10.2. The molecule has 0 radical (unpaired) electrons. The summed E-state index contributed by atoms with van der Waals surface area (Å²) < 4.78 is 30.1. The Morgan fingerprint density at radius 3 is 2.67 bits per heavy atom. The van der Waals surface area contributed by atoms with Gasteiger partial charge in [-0.3, -0.25) is 4.99 Å². The van der Waals surface area contributed by atoms with Crippen molar-refractivity contribution in [3.05, 3.63) is 0 Å². The van der Waals surface area contributed by atoms with Gasteiger partial charge in [-0.25, -0.2) is 17.5 Å². The van der Waals surface area contributed by atoms with Gasteiger partial charge < -0.3 is 19.9 Å². The SMILES string of the molecule is CCN(CCCNC1=NCC2CN(C(=O)OC(C)(C)C)CCN12)S(C)(=O)=O. The third-order valence-corrected chi connectivity index (χ3v) is 5.93. The zero-order chi connectivity index (χ0) is 20.2. The van der Waals surface area contributed by atoms with Crippen LogP contribution in [0.15, 0.2) is 4.99 Å². The standard InChI is InChI=1S/C17H33N5O4S/c1-6-21(27(5,24)25)9-7-8-18-15-19-12-14-13-20(10-11-22(14)15)16(23)26-17(2,3)4/h14H,6-13H2,1-5H3,(H,18,19). The predicted octanol–water partition coefficient (Wildman–Crippen LogP) is 0.539. The maximum absolute atomic E-state index is 12.2. The van der Waals surface area contributed by atoms with E-state index < -0.39 is 15.6 Å². The normalized spacial score (nSPS) is 20.5. The van der Waals surface area contributed by atoms with Gasteiger partial charge in [0.1, 0.15) is 5.60 Å². The van der Waals surface area contributed by atoms with Gasteiger partial charge in [-0.15, -0.1) is 0 Å². The molecule has 0 saturated carbocycles. The Morgan fingerprint density at radius 1 is 1.37 bits per heavy atom. The minimum absolute atomic E-state index is 0.164. The summed E-state index contributed by atoms with van der Waals surface area (Å²) in [6, 6.07) is 0.164. The molecule has 9 nitrogen and oxygen atoms in total. The molecule has 1 unspecified atom stereocenters. The van der Waals surface area contributed by atoms with Crippen molar-refractivity contribution < 1.29 is 17.9 Å². The average molecular weight is 404 g/mol. The molecule has 2 heterocycles. The molecule has 2 aliphatic heterocycles. The maximum Gasteiger partial charge on any atom is 0.410 e. The number of nitrogens with zero attached hydrogens (tertiary/aromatic N) is 4. The number of nitrogens with one attached hydrogen (secondary N) is 1. The van der Waals surface area contributed by atoms with Crippen LogP contribution in [0, 0.1) is 0 Å². The van der Waals surface area contributed by atoms with E-state index in [1.165, 1.54) is 10.6 Å². The number of carbonyl (C=O) groups is 1. The zero-order valence-electron chi connectivity index (χ0n) is 17.1. The summed E-state index contributed by atoms with van der Waals surface area (Å²) in [6.07, 6.45) is 1.67. The van der Waals surface area contributed by atoms with Crippen molar-refractivity contribution in [3.63, 3.8) is 0 Å². The highest BCUT2D eigenvalue weighted by molar-refractivity contribution is 7.88. The van der Waals surface area contributed by atoms with E-state index >= 15 is 0 Å². The topological polar surface area (TPSA) is 94.6 Å². The molecule has 1 saturated heterocycles. The molecule has 1 fully saturated rings. The first kappa shape index (κ1) is 21.7. The molecule has 1 N–H and O–H groups in total. The first-order valence-corrected chi connectivity index (χ1v) is 11.3. The van der Waals surface area contributed by atoms with Crippen LogP contribution in [0.1, 0.15) is 34.1 Å². The molecule has 1 amide bonds. The van der Waals surface area contributed by atoms with Crippen LogP contribution in [0.5, 0.6) is 0 Å². The first-order chi connectivity index (χ1) is 12.5. The second kappa shape index (κ2) is 8.64. The van der Waals surface area contributed by atoms with Crippen LogP contribution in [0.4, 0.5) is 4.79 Å².